The lowest BCUT2D eigenvalue weighted by atomic mass is 10.2. The summed E-state index contributed by atoms with van der Waals surface area (Å²) in [6.07, 6.45) is 0. The molecule has 0 amide bonds. The van der Waals surface area contributed by atoms with Gasteiger partial charge in [-0.25, -0.2) is 0 Å². The number of benzene rings is 1. The van der Waals surface area contributed by atoms with Gasteiger partial charge in [-0.15, -0.1) is 11.3 Å². The van der Waals surface area contributed by atoms with Crippen molar-refractivity contribution >= 4 is 39.7 Å². The Labute approximate surface area is 113 Å². The number of carbonyl (C=O) groups is 1. The van der Waals surface area contributed by atoms with Gasteiger partial charge < -0.3 is 4.42 Å². The summed E-state index contributed by atoms with van der Waals surface area (Å²) in [5.74, 6) is 0.249. The largest absolute Gasteiger partial charge is 0.451 e. The van der Waals surface area contributed by atoms with E-state index in [9.17, 15) is 4.79 Å². The van der Waals surface area contributed by atoms with E-state index in [0.29, 0.717) is 21.2 Å². The molecule has 0 bridgehead atoms. The standard InChI is InChI=1S/C14H9ClO2S/c1-8-5-6-18-14(8)12(16)11-7-9-3-2-4-10(15)13(9)17-11/h2-7H,1H3. The van der Waals surface area contributed by atoms with E-state index in [1.54, 1.807) is 12.1 Å². The van der Waals surface area contributed by atoms with Crippen LogP contribution in [0.25, 0.3) is 11.0 Å². The Morgan fingerprint density at radius 2 is 2.17 bits per heavy atom. The molecule has 0 atom stereocenters. The van der Waals surface area contributed by atoms with Gasteiger partial charge in [-0.05, 0) is 36.1 Å². The molecule has 0 spiro atoms. The summed E-state index contributed by atoms with van der Waals surface area (Å²) in [6, 6.07) is 9.13. The number of aryl methyl sites for hydroxylation is 1. The number of ketones is 1. The minimum absolute atomic E-state index is 0.0882. The van der Waals surface area contributed by atoms with Crippen molar-refractivity contribution in [1.29, 1.82) is 0 Å². The van der Waals surface area contributed by atoms with Crippen molar-refractivity contribution in [2.75, 3.05) is 0 Å². The van der Waals surface area contributed by atoms with Crippen molar-refractivity contribution in [3.05, 3.63) is 56.9 Å². The Morgan fingerprint density at radius 3 is 2.83 bits per heavy atom. The van der Waals surface area contributed by atoms with Gasteiger partial charge in [0.05, 0.1) is 9.90 Å². The minimum Gasteiger partial charge on any atom is -0.451 e. The maximum absolute atomic E-state index is 12.3. The van der Waals surface area contributed by atoms with E-state index in [-0.39, 0.29) is 5.78 Å². The van der Waals surface area contributed by atoms with Crippen molar-refractivity contribution in [1.82, 2.24) is 0 Å². The van der Waals surface area contributed by atoms with Crippen LogP contribution in [0, 0.1) is 6.92 Å². The van der Waals surface area contributed by atoms with Crippen LogP contribution in [0.4, 0.5) is 0 Å². The van der Waals surface area contributed by atoms with Gasteiger partial charge in [0.25, 0.3) is 0 Å². The zero-order chi connectivity index (χ0) is 12.7. The number of hydrogen-bond acceptors (Lipinski definition) is 3. The van der Waals surface area contributed by atoms with E-state index in [1.165, 1.54) is 11.3 Å². The first-order valence-corrected chi connectivity index (χ1v) is 6.69. The van der Waals surface area contributed by atoms with E-state index in [1.807, 2.05) is 30.5 Å². The summed E-state index contributed by atoms with van der Waals surface area (Å²) in [4.78, 5) is 13.0. The molecule has 2 nitrogen and oxygen atoms in total. The zero-order valence-corrected chi connectivity index (χ0v) is 11.1. The van der Waals surface area contributed by atoms with Crippen molar-refractivity contribution in [2.24, 2.45) is 0 Å². The van der Waals surface area contributed by atoms with Gasteiger partial charge in [0, 0.05) is 5.39 Å². The molecule has 90 valence electrons. The second-order valence-electron chi connectivity index (χ2n) is 4.03. The van der Waals surface area contributed by atoms with Crippen LogP contribution in [0.2, 0.25) is 5.02 Å². The fraction of sp³-hybridized carbons (Fsp3) is 0.0714. The molecule has 1 aromatic carbocycles. The molecule has 2 aromatic heterocycles. The highest BCUT2D eigenvalue weighted by Crippen LogP contribution is 2.29. The van der Waals surface area contributed by atoms with Crippen LogP contribution >= 0.6 is 22.9 Å². The van der Waals surface area contributed by atoms with Crippen molar-refractivity contribution in [3.63, 3.8) is 0 Å². The summed E-state index contributed by atoms with van der Waals surface area (Å²) >= 11 is 7.45. The number of hydrogen-bond donors (Lipinski definition) is 0. The van der Waals surface area contributed by atoms with Crippen LogP contribution in [0.1, 0.15) is 21.0 Å². The highest BCUT2D eigenvalue weighted by atomic mass is 35.5. The Balaban J connectivity index is 2.13. The number of carbonyl (C=O) groups excluding carboxylic acids is 1. The molecule has 18 heavy (non-hydrogen) atoms. The van der Waals surface area contributed by atoms with Gasteiger partial charge in [-0.1, -0.05) is 23.7 Å². The maximum atomic E-state index is 12.3. The number of fused-ring (bicyclic) bond motifs is 1. The Bertz CT molecular complexity index is 739. The van der Waals surface area contributed by atoms with Crippen LogP contribution in [-0.2, 0) is 0 Å². The van der Waals surface area contributed by atoms with Crippen LogP contribution in [-0.4, -0.2) is 5.78 Å². The number of thiophene rings is 1. The van der Waals surface area contributed by atoms with E-state index in [4.69, 9.17) is 16.0 Å². The molecule has 3 rings (SSSR count). The molecule has 0 aliphatic carbocycles. The smallest absolute Gasteiger partial charge is 0.238 e. The van der Waals surface area contributed by atoms with Crippen LogP contribution < -0.4 is 0 Å². The topological polar surface area (TPSA) is 30.2 Å². The van der Waals surface area contributed by atoms with E-state index < -0.39 is 0 Å². The molecule has 0 saturated heterocycles. The Morgan fingerprint density at radius 1 is 1.33 bits per heavy atom. The summed E-state index contributed by atoms with van der Waals surface area (Å²) < 4.78 is 5.56. The predicted octanol–water partition coefficient (Wildman–Crippen LogP) is 4.69. The number of furan rings is 1. The van der Waals surface area contributed by atoms with Gasteiger partial charge in [-0.2, -0.15) is 0 Å². The third-order valence-corrected chi connectivity index (χ3v) is 4.10. The van der Waals surface area contributed by atoms with E-state index in [2.05, 4.69) is 0 Å². The van der Waals surface area contributed by atoms with Gasteiger partial charge in [0.15, 0.2) is 11.3 Å². The first kappa shape index (κ1) is 11.5. The van der Waals surface area contributed by atoms with Gasteiger partial charge in [0.2, 0.25) is 5.78 Å². The second-order valence-corrected chi connectivity index (χ2v) is 5.35. The molecule has 0 fully saturated rings. The molecule has 4 heteroatoms. The Kier molecular flexibility index (Phi) is 2.73. The molecule has 0 radical (unpaired) electrons. The van der Waals surface area contributed by atoms with Crippen molar-refractivity contribution in [2.45, 2.75) is 6.92 Å². The molecule has 0 aliphatic heterocycles. The number of halogens is 1. The third kappa shape index (κ3) is 1.76. The summed E-state index contributed by atoms with van der Waals surface area (Å²) in [6.45, 7) is 1.92. The lowest BCUT2D eigenvalue weighted by molar-refractivity contribution is 0.101. The highest BCUT2D eigenvalue weighted by Gasteiger charge is 2.18. The first-order valence-electron chi connectivity index (χ1n) is 5.43. The fourth-order valence-corrected chi connectivity index (χ4v) is 2.95. The van der Waals surface area contributed by atoms with Crippen LogP contribution in [0.3, 0.4) is 0 Å². The lowest BCUT2D eigenvalue weighted by Gasteiger charge is -1.94. The maximum Gasteiger partial charge on any atom is 0.238 e. The molecular weight excluding hydrogens is 268 g/mol. The summed E-state index contributed by atoms with van der Waals surface area (Å²) in [5.41, 5.74) is 1.54. The van der Waals surface area contributed by atoms with Gasteiger partial charge in [0.1, 0.15) is 0 Å². The normalized spacial score (nSPS) is 11.0. The van der Waals surface area contributed by atoms with Gasteiger partial charge >= 0.3 is 0 Å². The SMILES string of the molecule is Cc1ccsc1C(=O)c1cc2cccc(Cl)c2o1. The predicted molar refractivity (Wildman–Crippen MR) is 73.7 cm³/mol. The van der Waals surface area contributed by atoms with E-state index >= 15 is 0 Å². The number of rotatable bonds is 2. The Hall–Kier alpha value is -1.58. The van der Waals surface area contributed by atoms with E-state index in [0.717, 1.165) is 10.9 Å². The fourth-order valence-electron chi connectivity index (χ4n) is 1.86. The molecule has 0 N–H and O–H groups in total. The van der Waals surface area contributed by atoms with Crippen molar-refractivity contribution in [3.8, 4) is 0 Å². The molecule has 0 unspecified atom stereocenters. The summed E-state index contributed by atoms with van der Waals surface area (Å²) in [7, 11) is 0. The second kappa shape index (κ2) is 4.26. The average Bonchev–Trinajstić information content (AvgIpc) is 2.95. The van der Waals surface area contributed by atoms with Gasteiger partial charge in [-0.3, -0.25) is 4.79 Å². The molecular formula is C14H9ClO2S. The highest BCUT2D eigenvalue weighted by molar-refractivity contribution is 7.12. The molecule has 0 saturated carbocycles. The van der Waals surface area contributed by atoms with Crippen molar-refractivity contribution < 1.29 is 9.21 Å². The quantitative estimate of drug-likeness (QED) is 0.636. The molecule has 2 heterocycles. The van der Waals surface area contributed by atoms with Crippen LogP contribution in [0.5, 0.6) is 0 Å². The lowest BCUT2D eigenvalue weighted by Crippen LogP contribution is -1.97. The third-order valence-electron chi connectivity index (χ3n) is 2.79. The first-order chi connectivity index (χ1) is 8.66. The minimum atomic E-state index is -0.0882. The monoisotopic (exact) mass is 276 g/mol. The summed E-state index contributed by atoms with van der Waals surface area (Å²) in [5, 5.41) is 3.27. The molecule has 0 aliphatic rings. The average molecular weight is 277 g/mol. The van der Waals surface area contributed by atoms with Crippen LogP contribution in [0.15, 0.2) is 40.1 Å². The number of para-hydroxylation sites is 1. The zero-order valence-electron chi connectivity index (χ0n) is 9.57. The molecule has 3 aromatic rings.